The summed E-state index contributed by atoms with van der Waals surface area (Å²) in [5.41, 5.74) is 2.21. The Hall–Kier alpha value is -2.12. The van der Waals surface area contributed by atoms with Crippen molar-refractivity contribution in [2.75, 3.05) is 19.6 Å². The molecular formula is C21H28N4O2S. The number of hydrogen-bond acceptors (Lipinski definition) is 6. The fraction of sp³-hybridized carbons (Fsp3) is 0.524. The second-order valence-corrected chi connectivity index (χ2v) is 8.76. The summed E-state index contributed by atoms with van der Waals surface area (Å²) in [7, 11) is 0. The quantitative estimate of drug-likeness (QED) is 0.746. The Labute approximate surface area is 170 Å². The lowest BCUT2D eigenvalue weighted by Gasteiger charge is -2.31. The lowest BCUT2D eigenvalue weighted by Crippen LogP contribution is -2.44. The second-order valence-electron chi connectivity index (χ2n) is 7.56. The molecule has 1 atom stereocenters. The number of aromatic nitrogens is 2. The molecule has 1 saturated heterocycles. The number of ketones is 1. The number of carbonyl (C=O) groups excluding carboxylic acids is 2. The molecule has 1 fully saturated rings. The number of nitrogens with zero attached hydrogens (tertiary/aromatic N) is 4. The molecular weight excluding hydrogens is 372 g/mol. The van der Waals surface area contributed by atoms with Crippen LogP contribution in [-0.2, 0) is 29.0 Å². The predicted octanol–water partition coefficient (Wildman–Crippen LogP) is 2.64. The van der Waals surface area contributed by atoms with Gasteiger partial charge in [-0.15, -0.1) is 11.3 Å². The first-order chi connectivity index (χ1) is 13.4. The van der Waals surface area contributed by atoms with E-state index in [-0.39, 0.29) is 17.7 Å². The Balaban J connectivity index is 1.71. The maximum atomic E-state index is 12.2. The van der Waals surface area contributed by atoms with E-state index < -0.39 is 0 Å². The van der Waals surface area contributed by atoms with Crippen LogP contribution in [0.15, 0.2) is 24.5 Å². The molecule has 6 nitrogen and oxygen atoms in total. The van der Waals surface area contributed by atoms with Crippen molar-refractivity contribution < 1.29 is 9.59 Å². The van der Waals surface area contributed by atoms with E-state index in [2.05, 4.69) is 20.9 Å². The van der Waals surface area contributed by atoms with E-state index in [1.54, 1.807) is 25.2 Å². The third kappa shape index (κ3) is 5.69. The first kappa shape index (κ1) is 20.6. The van der Waals surface area contributed by atoms with Gasteiger partial charge in [-0.05, 0) is 44.4 Å². The molecule has 3 rings (SSSR count). The number of rotatable bonds is 6. The highest BCUT2D eigenvalue weighted by Gasteiger charge is 2.27. The topological polar surface area (TPSA) is 66.4 Å². The Morgan fingerprint density at radius 1 is 1.25 bits per heavy atom. The molecule has 2 aromatic rings. The van der Waals surface area contributed by atoms with Crippen molar-refractivity contribution in [1.82, 2.24) is 19.8 Å². The zero-order valence-corrected chi connectivity index (χ0v) is 17.7. The monoisotopic (exact) mass is 400 g/mol. The number of amides is 1. The Kier molecular flexibility index (Phi) is 6.91. The van der Waals surface area contributed by atoms with Crippen molar-refractivity contribution in [2.45, 2.75) is 52.6 Å². The van der Waals surface area contributed by atoms with Crippen LogP contribution in [0.3, 0.4) is 0 Å². The zero-order chi connectivity index (χ0) is 20.1. The summed E-state index contributed by atoms with van der Waals surface area (Å²) < 4.78 is 0. The van der Waals surface area contributed by atoms with Crippen LogP contribution in [0.5, 0.6) is 0 Å². The standard InChI is InChI=1S/C21H28N4O2S/c1-15-9-18(5-6-22-15)11-19-13-24(7-4-8-25(19)17(3)27)14-20-12-23-21(28-20)10-16(2)26/h5-6,9,12,19H,4,7-8,10-11,13-14H2,1-3H3. The molecule has 150 valence electrons. The normalized spacial score (nSPS) is 18.1. The summed E-state index contributed by atoms with van der Waals surface area (Å²) >= 11 is 1.61. The highest BCUT2D eigenvalue weighted by Crippen LogP contribution is 2.20. The molecule has 1 unspecified atom stereocenters. The average Bonchev–Trinajstić information content (AvgIpc) is 2.93. The molecule has 0 aliphatic carbocycles. The predicted molar refractivity (Wildman–Crippen MR) is 110 cm³/mol. The van der Waals surface area contributed by atoms with Gasteiger partial charge >= 0.3 is 0 Å². The van der Waals surface area contributed by atoms with Crippen LogP contribution in [0, 0.1) is 6.92 Å². The van der Waals surface area contributed by atoms with Gasteiger partial charge in [0.15, 0.2) is 0 Å². The minimum atomic E-state index is 0.138. The van der Waals surface area contributed by atoms with Crippen molar-refractivity contribution in [3.8, 4) is 0 Å². The lowest BCUT2D eigenvalue weighted by molar-refractivity contribution is -0.131. The first-order valence-electron chi connectivity index (χ1n) is 9.75. The van der Waals surface area contributed by atoms with Crippen LogP contribution < -0.4 is 0 Å². The van der Waals surface area contributed by atoms with E-state index in [1.165, 1.54) is 10.4 Å². The van der Waals surface area contributed by atoms with Crippen LogP contribution in [0.2, 0.25) is 0 Å². The molecule has 28 heavy (non-hydrogen) atoms. The van der Waals surface area contributed by atoms with Gasteiger partial charge < -0.3 is 4.90 Å². The Morgan fingerprint density at radius 3 is 2.79 bits per heavy atom. The molecule has 3 heterocycles. The number of aryl methyl sites for hydroxylation is 1. The number of pyridine rings is 1. The molecule has 0 spiro atoms. The van der Waals surface area contributed by atoms with E-state index in [0.717, 1.165) is 49.7 Å². The van der Waals surface area contributed by atoms with E-state index >= 15 is 0 Å². The highest BCUT2D eigenvalue weighted by atomic mass is 32.1. The molecule has 2 aromatic heterocycles. The van der Waals surface area contributed by atoms with Crippen LogP contribution in [0.4, 0.5) is 0 Å². The van der Waals surface area contributed by atoms with Crippen molar-refractivity contribution in [3.63, 3.8) is 0 Å². The molecule has 1 aliphatic rings. The van der Waals surface area contributed by atoms with Gasteiger partial charge in [0.05, 0.1) is 6.42 Å². The van der Waals surface area contributed by atoms with Gasteiger partial charge in [0, 0.05) is 62.1 Å². The molecule has 1 aliphatic heterocycles. The Morgan fingerprint density at radius 2 is 2.07 bits per heavy atom. The summed E-state index contributed by atoms with van der Waals surface area (Å²) in [4.78, 5) is 37.8. The van der Waals surface area contributed by atoms with E-state index in [0.29, 0.717) is 6.42 Å². The number of thiazole rings is 1. The maximum absolute atomic E-state index is 12.2. The largest absolute Gasteiger partial charge is 0.338 e. The molecule has 0 aromatic carbocycles. The third-order valence-electron chi connectivity index (χ3n) is 5.00. The van der Waals surface area contributed by atoms with Crippen LogP contribution in [0.25, 0.3) is 0 Å². The van der Waals surface area contributed by atoms with Gasteiger partial charge in [0.25, 0.3) is 0 Å². The summed E-state index contributed by atoms with van der Waals surface area (Å²) in [5, 5.41) is 0.881. The summed E-state index contributed by atoms with van der Waals surface area (Å²) in [6.07, 6.45) is 5.93. The van der Waals surface area contributed by atoms with Gasteiger partial charge in [-0.3, -0.25) is 19.5 Å². The SMILES string of the molecule is CC(=O)Cc1ncc(CN2CCCN(C(C)=O)C(Cc3ccnc(C)c3)C2)s1. The molecule has 0 saturated carbocycles. The third-order valence-corrected chi connectivity index (χ3v) is 5.98. The highest BCUT2D eigenvalue weighted by molar-refractivity contribution is 7.11. The molecule has 1 amide bonds. The Bertz CT molecular complexity index is 835. The van der Waals surface area contributed by atoms with Crippen molar-refractivity contribution in [2.24, 2.45) is 0 Å². The average molecular weight is 401 g/mol. The zero-order valence-electron chi connectivity index (χ0n) is 16.9. The van der Waals surface area contributed by atoms with Gasteiger partial charge in [-0.25, -0.2) is 4.98 Å². The summed E-state index contributed by atoms with van der Waals surface area (Å²) in [5.74, 6) is 0.277. The van der Waals surface area contributed by atoms with Crippen molar-refractivity contribution in [1.29, 1.82) is 0 Å². The maximum Gasteiger partial charge on any atom is 0.219 e. The second kappa shape index (κ2) is 9.39. The van der Waals surface area contributed by atoms with Crippen molar-refractivity contribution >= 4 is 23.0 Å². The van der Waals surface area contributed by atoms with Crippen LogP contribution in [-0.4, -0.2) is 57.1 Å². The van der Waals surface area contributed by atoms with Gasteiger partial charge in [-0.1, -0.05) is 0 Å². The number of carbonyl (C=O) groups is 2. The minimum Gasteiger partial charge on any atom is -0.338 e. The molecule has 0 bridgehead atoms. The molecule has 7 heteroatoms. The minimum absolute atomic E-state index is 0.138. The van der Waals surface area contributed by atoms with Gasteiger partial charge in [0.1, 0.15) is 10.8 Å². The fourth-order valence-corrected chi connectivity index (χ4v) is 4.84. The molecule has 0 radical (unpaired) electrons. The summed E-state index contributed by atoms with van der Waals surface area (Å²) in [6, 6.07) is 4.29. The lowest BCUT2D eigenvalue weighted by atomic mass is 10.0. The number of Topliss-reactive ketones (excluding diaryl/α,β-unsaturated/α-hetero) is 1. The van der Waals surface area contributed by atoms with E-state index in [1.807, 2.05) is 30.3 Å². The van der Waals surface area contributed by atoms with E-state index in [4.69, 9.17) is 0 Å². The van der Waals surface area contributed by atoms with Crippen LogP contribution >= 0.6 is 11.3 Å². The van der Waals surface area contributed by atoms with Crippen LogP contribution in [0.1, 0.15) is 41.4 Å². The van der Waals surface area contributed by atoms with Gasteiger partial charge in [0.2, 0.25) is 5.91 Å². The fourth-order valence-electron chi connectivity index (χ4n) is 3.81. The first-order valence-corrected chi connectivity index (χ1v) is 10.6. The van der Waals surface area contributed by atoms with Gasteiger partial charge in [-0.2, -0.15) is 0 Å². The summed E-state index contributed by atoms with van der Waals surface area (Å²) in [6.45, 7) is 8.64. The van der Waals surface area contributed by atoms with E-state index in [9.17, 15) is 9.59 Å². The molecule has 0 N–H and O–H groups in total. The smallest absolute Gasteiger partial charge is 0.219 e. The van der Waals surface area contributed by atoms with Crippen molar-refractivity contribution in [3.05, 3.63) is 45.7 Å². The number of hydrogen-bond donors (Lipinski definition) is 0.